The maximum absolute atomic E-state index is 15.2. The summed E-state index contributed by atoms with van der Waals surface area (Å²) in [6, 6.07) is 8.25. The highest BCUT2D eigenvalue weighted by Gasteiger charge is 2.43. The fourth-order valence-corrected chi connectivity index (χ4v) is 3.90. The number of allylic oxidation sites excluding steroid dienone is 1. The minimum Gasteiger partial charge on any atom is -0.494 e. The van der Waals surface area contributed by atoms with Crippen LogP contribution in [0.15, 0.2) is 48.5 Å². The molecule has 0 spiro atoms. The molecule has 0 aliphatic carbocycles. The Labute approximate surface area is 215 Å². The van der Waals surface area contributed by atoms with Crippen molar-refractivity contribution in [2.45, 2.75) is 38.0 Å². The molecule has 0 unspecified atom stereocenters. The van der Waals surface area contributed by atoms with E-state index < -0.39 is 72.8 Å². The second kappa shape index (κ2) is 11.9. The molecular formula is C26H27F5N2O5. The van der Waals surface area contributed by atoms with Crippen molar-refractivity contribution in [3.63, 3.8) is 0 Å². The fourth-order valence-electron chi connectivity index (χ4n) is 3.90. The molecular weight excluding hydrogens is 515 g/mol. The zero-order chi connectivity index (χ0) is 28.1. The third-order valence-corrected chi connectivity index (χ3v) is 5.77. The minimum atomic E-state index is -4.92. The summed E-state index contributed by atoms with van der Waals surface area (Å²) in [5, 5.41) is 20.5. The summed E-state index contributed by atoms with van der Waals surface area (Å²) in [5.74, 6) is -5.83. The predicted octanol–water partition coefficient (Wildman–Crippen LogP) is 4.03. The van der Waals surface area contributed by atoms with Crippen molar-refractivity contribution in [2.75, 3.05) is 31.2 Å². The van der Waals surface area contributed by atoms with Gasteiger partial charge in [0.25, 0.3) is 11.8 Å². The number of alkyl halides is 5. The highest BCUT2D eigenvalue weighted by atomic mass is 19.4. The molecule has 3 N–H and O–H groups in total. The molecule has 1 atom stereocenters. The molecule has 2 aromatic carbocycles. The van der Waals surface area contributed by atoms with E-state index in [1.54, 1.807) is 6.92 Å². The van der Waals surface area contributed by atoms with Crippen molar-refractivity contribution in [3.05, 3.63) is 65.2 Å². The molecule has 0 radical (unpaired) electrons. The van der Waals surface area contributed by atoms with Gasteiger partial charge < -0.3 is 25.2 Å². The Hall–Kier alpha value is -3.51. The summed E-state index contributed by atoms with van der Waals surface area (Å²) in [6.45, 7) is 0.269. The van der Waals surface area contributed by atoms with Gasteiger partial charge in [-0.3, -0.25) is 9.59 Å². The summed E-state index contributed by atoms with van der Waals surface area (Å²) in [7, 11) is 0. The number of ether oxygens (including phenoxy) is 1. The van der Waals surface area contributed by atoms with Crippen LogP contribution in [-0.4, -0.2) is 60.4 Å². The summed E-state index contributed by atoms with van der Waals surface area (Å²) < 4.78 is 77.5. The Bertz CT molecular complexity index is 1200. The van der Waals surface area contributed by atoms with E-state index in [9.17, 15) is 27.9 Å². The maximum Gasteiger partial charge on any atom is 0.417 e. The largest absolute Gasteiger partial charge is 0.494 e. The van der Waals surface area contributed by atoms with Crippen LogP contribution in [-0.2, 0) is 11.0 Å². The molecule has 206 valence electrons. The number of hydrogen-bond donors (Lipinski definition) is 3. The van der Waals surface area contributed by atoms with E-state index in [-0.39, 0.29) is 23.6 Å². The van der Waals surface area contributed by atoms with Crippen molar-refractivity contribution in [1.29, 1.82) is 0 Å². The number of amides is 2. The van der Waals surface area contributed by atoms with Crippen molar-refractivity contribution in [3.8, 4) is 5.75 Å². The van der Waals surface area contributed by atoms with Crippen molar-refractivity contribution in [2.24, 2.45) is 0 Å². The second-order valence-electron chi connectivity index (χ2n) is 8.62. The molecule has 12 heteroatoms. The van der Waals surface area contributed by atoms with Gasteiger partial charge in [0.2, 0.25) is 5.91 Å². The lowest BCUT2D eigenvalue weighted by atomic mass is 9.97. The van der Waals surface area contributed by atoms with Crippen LogP contribution in [0.4, 0.5) is 27.6 Å². The minimum absolute atomic E-state index is 0.0823. The Kier molecular flexibility index (Phi) is 9.10. The monoisotopic (exact) mass is 542 g/mol. The number of nitrogens with one attached hydrogen (secondary N) is 1. The number of carbonyl (C=O) groups excluding carboxylic acids is 2. The van der Waals surface area contributed by atoms with Crippen molar-refractivity contribution >= 4 is 23.1 Å². The van der Waals surface area contributed by atoms with E-state index in [2.05, 4.69) is 5.32 Å². The molecule has 1 aliphatic rings. The standard InChI is InChI=1S/C26H27F5N2O5/c1-2-11-38-17-7-8-19(21(12-17)26(29,30)31)24(37)33-10-9-25(27,28)20(18-5-3-4-6-22(18)33)13-23(36)32-14-16(35)15-34/h3-8,12-13,16,34-35H,2,9-11,14-15H2,1H3,(H,32,36)/b20-13-/t16-/m1/s1. The van der Waals surface area contributed by atoms with Crippen LogP contribution in [0.5, 0.6) is 5.75 Å². The molecule has 0 saturated heterocycles. The number of carbonyl (C=O) groups is 2. The number of aliphatic hydroxyl groups excluding tert-OH is 2. The number of halogens is 5. The summed E-state index contributed by atoms with van der Waals surface area (Å²) >= 11 is 0. The van der Waals surface area contributed by atoms with Crippen LogP contribution in [0.1, 0.15) is 41.3 Å². The van der Waals surface area contributed by atoms with E-state index in [1.807, 2.05) is 0 Å². The predicted molar refractivity (Wildman–Crippen MR) is 129 cm³/mol. The smallest absolute Gasteiger partial charge is 0.417 e. The fraction of sp³-hybridized carbons (Fsp3) is 0.385. The lowest BCUT2D eigenvalue weighted by Crippen LogP contribution is -2.34. The zero-order valence-electron chi connectivity index (χ0n) is 20.4. The molecule has 3 rings (SSSR count). The quantitative estimate of drug-likeness (QED) is 0.346. The Morgan fingerprint density at radius 2 is 1.92 bits per heavy atom. The van der Waals surface area contributed by atoms with Gasteiger partial charge in [0.15, 0.2) is 0 Å². The molecule has 0 fully saturated rings. The third kappa shape index (κ3) is 6.67. The van der Waals surface area contributed by atoms with Gasteiger partial charge in [-0.15, -0.1) is 0 Å². The number of nitrogens with zero attached hydrogens (tertiary/aromatic N) is 1. The first-order valence-electron chi connectivity index (χ1n) is 11.8. The highest BCUT2D eigenvalue weighted by Crippen LogP contribution is 2.44. The molecule has 38 heavy (non-hydrogen) atoms. The summed E-state index contributed by atoms with van der Waals surface area (Å²) in [4.78, 5) is 26.6. The molecule has 7 nitrogen and oxygen atoms in total. The van der Waals surface area contributed by atoms with Gasteiger partial charge in [-0.2, -0.15) is 13.2 Å². The summed E-state index contributed by atoms with van der Waals surface area (Å²) in [6.07, 6.45) is -6.01. The second-order valence-corrected chi connectivity index (χ2v) is 8.62. The van der Waals surface area contributed by atoms with E-state index in [0.717, 1.165) is 11.0 Å². The lowest BCUT2D eigenvalue weighted by molar-refractivity contribution is -0.138. The van der Waals surface area contributed by atoms with Gasteiger partial charge in [-0.1, -0.05) is 25.1 Å². The van der Waals surface area contributed by atoms with E-state index in [1.165, 1.54) is 30.3 Å². The first-order chi connectivity index (χ1) is 17.9. The Morgan fingerprint density at radius 3 is 2.58 bits per heavy atom. The molecule has 0 aromatic heterocycles. The molecule has 0 saturated carbocycles. The Morgan fingerprint density at radius 1 is 1.21 bits per heavy atom. The molecule has 1 heterocycles. The van der Waals surface area contributed by atoms with Crippen molar-refractivity contribution < 1.29 is 46.5 Å². The van der Waals surface area contributed by atoms with Crippen LogP contribution in [0, 0.1) is 0 Å². The normalized spacial score (nSPS) is 16.9. The van der Waals surface area contributed by atoms with Gasteiger partial charge in [-0.05, 0) is 30.7 Å². The third-order valence-electron chi connectivity index (χ3n) is 5.77. The number of rotatable bonds is 8. The van der Waals surface area contributed by atoms with Gasteiger partial charge in [0.05, 0.1) is 36.1 Å². The number of anilines is 1. The van der Waals surface area contributed by atoms with E-state index >= 15 is 8.78 Å². The average molecular weight is 543 g/mol. The maximum atomic E-state index is 15.2. The van der Waals surface area contributed by atoms with Crippen LogP contribution in [0.25, 0.3) is 5.57 Å². The van der Waals surface area contributed by atoms with Crippen LogP contribution in [0.2, 0.25) is 0 Å². The Balaban J connectivity index is 2.05. The lowest BCUT2D eigenvalue weighted by Gasteiger charge is -2.24. The SMILES string of the molecule is CCCOc1ccc(C(=O)N2CCC(F)(F)/C(=C\C(=O)NC[C@@H](O)CO)c3ccccc32)c(C(F)(F)F)c1. The van der Waals surface area contributed by atoms with Gasteiger partial charge in [-0.25, -0.2) is 8.78 Å². The number of para-hydroxylation sites is 1. The van der Waals surface area contributed by atoms with E-state index in [0.29, 0.717) is 18.6 Å². The van der Waals surface area contributed by atoms with Crippen LogP contribution < -0.4 is 15.0 Å². The van der Waals surface area contributed by atoms with Crippen LogP contribution >= 0.6 is 0 Å². The zero-order valence-corrected chi connectivity index (χ0v) is 20.4. The molecule has 1 aliphatic heterocycles. The molecule has 2 amide bonds. The van der Waals surface area contributed by atoms with Crippen LogP contribution in [0.3, 0.4) is 0 Å². The van der Waals surface area contributed by atoms with Crippen molar-refractivity contribution in [1.82, 2.24) is 5.32 Å². The van der Waals surface area contributed by atoms with Gasteiger partial charge in [0, 0.05) is 36.7 Å². The first kappa shape index (κ1) is 29.1. The first-order valence-corrected chi connectivity index (χ1v) is 11.8. The summed E-state index contributed by atoms with van der Waals surface area (Å²) in [5.41, 5.74) is -3.04. The highest BCUT2D eigenvalue weighted by molar-refractivity contribution is 6.10. The number of fused-ring (bicyclic) bond motifs is 1. The topological polar surface area (TPSA) is 99.1 Å². The number of hydrogen-bond acceptors (Lipinski definition) is 5. The molecule has 2 aromatic rings. The van der Waals surface area contributed by atoms with E-state index in [4.69, 9.17) is 9.84 Å². The number of benzene rings is 2. The van der Waals surface area contributed by atoms with Gasteiger partial charge in [0.1, 0.15) is 5.75 Å². The molecule has 0 bridgehead atoms. The number of aliphatic hydroxyl groups is 2. The average Bonchev–Trinajstić information content (AvgIpc) is 2.98. The van der Waals surface area contributed by atoms with Gasteiger partial charge >= 0.3 is 6.18 Å².